The zero-order chi connectivity index (χ0) is 17.5. The van der Waals surface area contributed by atoms with Crippen LogP contribution >= 0.6 is 11.8 Å². The van der Waals surface area contributed by atoms with Gasteiger partial charge in [-0.25, -0.2) is 0 Å². The van der Waals surface area contributed by atoms with Gasteiger partial charge in [0.2, 0.25) is 0 Å². The van der Waals surface area contributed by atoms with Crippen molar-refractivity contribution in [2.75, 3.05) is 16.8 Å². The minimum atomic E-state index is 0.787. The van der Waals surface area contributed by atoms with Crippen LogP contribution < -0.4 is 5.32 Å². The fourth-order valence-corrected chi connectivity index (χ4v) is 3.10. The summed E-state index contributed by atoms with van der Waals surface area (Å²) in [5, 5.41) is 7.83. The van der Waals surface area contributed by atoms with E-state index in [0.717, 1.165) is 35.0 Å². The van der Waals surface area contributed by atoms with Crippen molar-refractivity contribution in [3.63, 3.8) is 0 Å². The Balaban J connectivity index is 1.63. The predicted octanol–water partition coefficient (Wildman–Crippen LogP) is 5.28. The molecule has 0 aliphatic rings. The van der Waals surface area contributed by atoms with Crippen LogP contribution in [-0.4, -0.2) is 21.3 Å². The van der Waals surface area contributed by atoms with E-state index in [1.54, 1.807) is 0 Å². The maximum Gasteiger partial charge on any atom is 0.0659 e. The molecule has 1 heterocycles. The van der Waals surface area contributed by atoms with Crippen molar-refractivity contribution in [2.24, 2.45) is 0 Å². The van der Waals surface area contributed by atoms with Crippen LogP contribution in [0.3, 0.4) is 0 Å². The van der Waals surface area contributed by atoms with Crippen LogP contribution in [0.4, 0.5) is 5.69 Å². The van der Waals surface area contributed by atoms with E-state index in [2.05, 4.69) is 78.6 Å². The maximum atomic E-state index is 4.48. The van der Waals surface area contributed by atoms with Crippen molar-refractivity contribution in [3.8, 4) is 11.1 Å². The molecule has 4 heteroatoms. The summed E-state index contributed by atoms with van der Waals surface area (Å²) in [5.74, 6) is 2.04. The highest BCUT2D eigenvalue weighted by Crippen LogP contribution is 2.22. The molecule has 0 unspecified atom stereocenters. The average Bonchev–Trinajstić information content (AvgIpc) is 3.10. The van der Waals surface area contributed by atoms with Gasteiger partial charge in [0.15, 0.2) is 0 Å². The molecule has 25 heavy (non-hydrogen) atoms. The van der Waals surface area contributed by atoms with Crippen LogP contribution in [0.5, 0.6) is 0 Å². The second-order valence-corrected chi connectivity index (χ2v) is 7.13. The summed E-state index contributed by atoms with van der Waals surface area (Å²) in [6.07, 6.45) is 4.01. The molecule has 0 atom stereocenters. The Morgan fingerprint density at radius 1 is 1.08 bits per heavy atom. The first-order valence-electron chi connectivity index (χ1n) is 8.44. The van der Waals surface area contributed by atoms with Gasteiger partial charge in [-0.15, -0.1) is 0 Å². The summed E-state index contributed by atoms with van der Waals surface area (Å²) in [7, 11) is 0. The van der Waals surface area contributed by atoms with E-state index in [4.69, 9.17) is 0 Å². The number of hydrogen-bond acceptors (Lipinski definition) is 3. The molecular weight excluding hydrogens is 326 g/mol. The van der Waals surface area contributed by atoms with E-state index in [1.165, 1.54) is 11.1 Å². The molecule has 3 aromatic rings. The van der Waals surface area contributed by atoms with Crippen LogP contribution in [-0.2, 0) is 6.54 Å². The number of benzene rings is 2. The summed E-state index contributed by atoms with van der Waals surface area (Å²) in [6.45, 7) is 7.01. The molecule has 1 aromatic heterocycles. The highest BCUT2D eigenvalue weighted by atomic mass is 32.2. The molecule has 0 saturated carbocycles. The van der Waals surface area contributed by atoms with E-state index < -0.39 is 0 Å². The number of hydrogen-bond donors (Lipinski definition) is 1. The largest absolute Gasteiger partial charge is 0.359 e. The minimum Gasteiger partial charge on any atom is -0.359 e. The smallest absolute Gasteiger partial charge is 0.0659 e. The molecule has 2 aromatic carbocycles. The fraction of sp³-hybridized carbons (Fsp3) is 0.190. The molecule has 3 rings (SSSR count). The number of nitrogens with one attached hydrogen (secondary N) is 1. The van der Waals surface area contributed by atoms with Crippen LogP contribution in [0.25, 0.3) is 11.1 Å². The molecule has 0 aliphatic heterocycles. The van der Waals surface area contributed by atoms with Crippen LogP contribution in [0.15, 0.2) is 79.3 Å². The minimum absolute atomic E-state index is 0.787. The molecule has 0 amide bonds. The lowest BCUT2D eigenvalue weighted by atomic mass is 10.1. The van der Waals surface area contributed by atoms with Crippen LogP contribution in [0.1, 0.15) is 12.5 Å². The quantitative estimate of drug-likeness (QED) is 0.600. The molecule has 128 valence electrons. The average molecular weight is 350 g/mol. The van der Waals surface area contributed by atoms with Gasteiger partial charge in [0.1, 0.15) is 0 Å². The van der Waals surface area contributed by atoms with Gasteiger partial charge in [0.25, 0.3) is 0 Å². The third kappa shape index (κ3) is 5.00. The molecule has 0 saturated heterocycles. The molecule has 0 aliphatic carbocycles. The van der Waals surface area contributed by atoms with Crippen molar-refractivity contribution in [3.05, 3.63) is 84.8 Å². The van der Waals surface area contributed by atoms with Crippen LogP contribution in [0.2, 0.25) is 0 Å². The van der Waals surface area contributed by atoms with Gasteiger partial charge in [-0.2, -0.15) is 16.9 Å². The monoisotopic (exact) mass is 349 g/mol. The van der Waals surface area contributed by atoms with E-state index in [0.29, 0.717) is 0 Å². The van der Waals surface area contributed by atoms with Gasteiger partial charge >= 0.3 is 0 Å². The summed E-state index contributed by atoms with van der Waals surface area (Å²) in [6, 6.07) is 18.8. The molecule has 0 bridgehead atoms. The molecule has 0 fully saturated rings. The number of nitrogens with zero attached hydrogens (tertiary/aromatic N) is 2. The SMILES string of the molecule is C=C(CSCC)Nc1ccc(-c2cnn(Cc3ccccc3)c2)cc1. The highest BCUT2D eigenvalue weighted by molar-refractivity contribution is 7.99. The lowest BCUT2D eigenvalue weighted by Gasteiger charge is -2.09. The first-order chi connectivity index (χ1) is 12.2. The lowest BCUT2D eigenvalue weighted by molar-refractivity contribution is 0.687. The Morgan fingerprint density at radius 3 is 2.56 bits per heavy atom. The van der Waals surface area contributed by atoms with Crippen molar-refractivity contribution in [2.45, 2.75) is 13.5 Å². The Labute approximate surface area is 153 Å². The zero-order valence-corrected chi connectivity index (χ0v) is 15.3. The third-order valence-corrected chi connectivity index (χ3v) is 4.80. The number of rotatable bonds is 8. The summed E-state index contributed by atoms with van der Waals surface area (Å²) in [5.41, 5.74) is 5.65. The summed E-state index contributed by atoms with van der Waals surface area (Å²) in [4.78, 5) is 0. The fourth-order valence-electron chi connectivity index (χ4n) is 2.58. The summed E-state index contributed by atoms with van der Waals surface area (Å²) < 4.78 is 1.97. The van der Waals surface area contributed by atoms with Crippen molar-refractivity contribution in [1.29, 1.82) is 0 Å². The summed E-state index contributed by atoms with van der Waals surface area (Å²) >= 11 is 1.87. The molecule has 0 spiro atoms. The number of aromatic nitrogens is 2. The highest BCUT2D eigenvalue weighted by Gasteiger charge is 2.03. The van der Waals surface area contributed by atoms with E-state index in [-0.39, 0.29) is 0 Å². The molecule has 3 nitrogen and oxygen atoms in total. The second kappa shape index (κ2) is 8.58. The third-order valence-electron chi connectivity index (χ3n) is 3.84. The predicted molar refractivity (Wildman–Crippen MR) is 109 cm³/mol. The standard InChI is InChI=1S/C21H23N3S/c1-3-25-16-17(2)23-21-11-9-19(10-12-21)20-13-22-24(15-20)14-18-7-5-4-6-8-18/h4-13,15,23H,2-3,14,16H2,1H3. The Hall–Kier alpha value is -2.46. The molecular formula is C21H23N3S. The van der Waals surface area contributed by atoms with Gasteiger partial charge in [0, 0.05) is 28.9 Å². The van der Waals surface area contributed by atoms with Crippen molar-refractivity contribution < 1.29 is 0 Å². The van der Waals surface area contributed by atoms with Crippen LogP contribution in [0, 0.1) is 0 Å². The van der Waals surface area contributed by atoms with Gasteiger partial charge in [-0.3, -0.25) is 4.68 Å². The molecule has 1 N–H and O–H groups in total. The Bertz CT molecular complexity index is 807. The topological polar surface area (TPSA) is 29.9 Å². The van der Waals surface area contributed by atoms with Crippen molar-refractivity contribution >= 4 is 17.4 Å². The first kappa shape index (κ1) is 17.4. The first-order valence-corrected chi connectivity index (χ1v) is 9.59. The Kier molecular flexibility index (Phi) is 5.96. The van der Waals surface area contributed by atoms with E-state index in [9.17, 15) is 0 Å². The number of anilines is 1. The molecule has 0 radical (unpaired) electrons. The lowest BCUT2D eigenvalue weighted by Crippen LogP contribution is -2.00. The second-order valence-electron chi connectivity index (χ2n) is 5.86. The van der Waals surface area contributed by atoms with E-state index in [1.807, 2.05) is 28.7 Å². The van der Waals surface area contributed by atoms with Gasteiger partial charge < -0.3 is 5.32 Å². The maximum absolute atomic E-state index is 4.48. The normalized spacial score (nSPS) is 10.6. The Morgan fingerprint density at radius 2 is 1.84 bits per heavy atom. The van der Waals surface area contributed by atoms with Gasteiger partial charge in [-0.1, -0.05) is 56.0 Å². The van der Waals surface area contributed by atoms with Crippen molar-refractivity contribution in [1.82, 2.24) is 9.78 Å². The number of thioether (sulfide) groups is 1. The zero-order valence-electron chi connectivity index (χ0n) is 14.5. The van der Waals surface area contributed by atoms with Gasteiger partial charge in [0.05, 0.1) is 12.7 Å². The van der Waals surface area contributed by atoms with E-state index >= 15 is 0 Å². The van der Waals surface area contributed by atoms with Gasteiger partial charge in [-0.05, 0) is 29.0 Å².